The number of aryl methyl sites for hydroxylation is 1. The maximum atomic E-state index is 11.5. The normalized spacial score (nSPS) is 14.1. The van der Waals surface area contributed by atoms with Gasteiger partial charge in [0.1, 0.15) is 17.2 Å². The first kappa shape index (κ1) is 12.2. The van der Waals surface area contributed by atoms with Gasteiger partial charge in [-0.2, -0.15) is 0 Å². The second-order valence-corrected chi connectivity index (χ2v) is 5.14. The van der Waals surface area contributed by atoms with E-state index in [1.807, 2.05) is 0 Å². The highest BCUT2D eigenvalue weighted by Gasteiger charge is 2.16. The Hall–Kier alpha value is -0.920. The topological polar surface area (TPSA) is 92.4 Å². The maximum absolute atomic E-state index is 11.5. The quantitative estimate of drug-likeness (QED) is 0.735. The van der Waals surface area contributed by atoms with Gasteiger partial charge in [-0.3, -0.25) is 0 Å². The van der Waals surface area contributed by atoms with Crippen LogP contribution >= 0.6 is 0 Å². The summed E-state index contributed by atoms with van der Waals surface area (Å²) in [5.74, 6) is 0.324. The molecule has 0 aliphatic carbocycles. The number of aromatic nitrogens is 1. The largest absolute Gasteiger partial charge is 0.395 e. The summed E-state index contributed by atoms with van der Waals surface area (Å²) in [6.45, 7) is 3.02. The lowest BCUT2D eigenvalue weighted by Gasteiger charge is -2.09. The Morgan fingerprint density at radius 2 is 2.33 bits per heavy atom. The van der Waals surface area contributed by atoms with E-state index in [1.165, 1.54) is 0 Å². The Labute approximate surface area is 88.3 Å². The molecule has 6 nitrogen and oxygen atoms in total. The fraction of sp³-hybridized carbons (Fsp3) is 0.625. The highest BCUT2D eigenvalue weighted by molar-refractivity contribution is 7.88. The van der Waals surface area contributed by atoms with E-state index in [2.05, 4.69) is 9.88 Å². The van der Waals surface area contributed by atoms with Crippen LogP contribution in [0.4, 0.5) is 0 Å². The van der Waals surface area contributed by atoms with Crippen molar-refractivity contribution < 1.29 is 18.0 Å². The van der Waals surface area contributed by atoms with Crippen LogP contribution in [0.1, 0.15) is 18.4 Å². The number of hydrogen-bond donors (Lipinski definition) is 2. The fourth-order valence-corrected chi connectivity index (χ4v) is 2.36. The summed E-state index contributed by atoms with van der Waals surface area (Å²) in [5.41, 5.74) is 0.352. The summed E-state index contributed by atoms with van der Waals surface area (Å²) >= 11 is 0. The molecule has 2 N–H and O–H groups in total. The molecule has 1 aromatic rings. The van der Waals surface area contributed by atoms with Crippen LogP contribution in [-0.2, 0) is 15.8 Å². The Morgan fingerprint density at radius 3 is 2.80 bits per heavy atom. The number of aliphatic hydroxyl groups excluding tert-OH is 1. The third kappa shape index (κ3) is 3.98. The Bertz CT molecular complexity index is 412. The van der Waals surface area contributed by atoms with Gasteiger partial charge in [-0.25, -0.2) is 13.1 Å². The minimum Gasteiger partial charge on any atom is -0.395 e. The van der Waals surface area contributed by atoms with Gasteiger partial charge in [-0.05, 0) is 13.8 Å². The van der Waals surface area contributed by atoms with Crippen molar-refractivity contribution in [2.24, 2.45) is 0 Å². The maximum Gasteiger partial charge on any atom is 0.217 e. The molecule has 0 saturated heterocycles. The van der Waals surface area contributed by atoms with Gasteiger partial charge in [0.05, 0.1) is 6.61 Å². The molecule has 0 radical (unpaired) electrons. The molecular formula is C8H14N2O4S. The van der Waals surface area contributed by atoms with Gasteiger partial charge in [0.25, 0.3) is 0 Å². The van der Waals surface area contributed by atoms with Gasteiger partial charge in [-0.1, -0.05) is 5.16 Å². The molecule has 0 spiro atoms. The SMILES string of the molecule is Cc1cc(CS(=O)(=O)NC(C)CO)no1. The van der Waals surface area contributed by atoms with E-state index in [0.29, 0.717) is 11.5 Å². The lowest BCUT2D eigenvalue weighted by molar-refractivity contribution is 0.265. The summed E-state index contributed by atoms with van der Waals surface area (Å²) in [6, 6.07) is 1.06. The van der Waals surface area contributed by atoms with E-state index < -0.39 is 16.1 Å². The number of rotatable bonds is 5. The molecule has 15 heavy (non-hydrogen) atoms. The van der Waals surface area contributed by atoms with Crippen LogP contribution in [0, 0.1) is 6.92 Å². The number of nitrogens with zero attached hydrogens (tertiary/aromatic N) is 1. The zero-order chi connectivity index (χ0) is 11.5. The summed E-state index contributed by atoms with van der Waals surface area (Å²) < 4.78 is 30.0. The molecule has 1 rings (SSSR count). The van der Waals surface area contributed by atoms with Crippen molar-refractivity contribution in [2.75, 3.05) is 6.61 Å². The van der Waals surface area contributed by atoms with Crippen molar-refractivity contribution in [1.82, 2.24) is 9.88 Å². The van der Waals surface area contributed by atoms with E-state index in [4.69, 9.17) is 9.63 Å². The lowest BCUT2D eigenvalue weighted by Crippen LogP contribution is -2.35. The van der Waals surface area contributed by atoms with Gasteiger partial charge < -0.3 is 9.63 Å². The van der Waals surface area contributed by atoms with E-state index >= 15 is 0 Å². The molecule has 1 heterocycles. The molecule has 0 aromatic carbocycles. The second kappa shape index (κ2) is 4.73. The minimum atomic E-state index is -3.47. The average molecular weight is 234 g/mol. The van der Waals surface area contributed by atoms with Crippen molar-refractivity contribution in [3.05, 3.63) is 17.5 Å². The number of sulfonamides is 1. The summed E-state index contributed by atoms with van der Waals surface area (Å²) in [5, 5.41) is 12.3. The van der Waals surface area contributed by atoms with Crippen LogP contribution in [0.3, 0.4) is 0 Å². The van der Waals surface area contributed by atoms with Gasteiger partial charge in [0.15, 0.2) is 0 Å². The number of nitrogens with one attached hydrogen (secondary N) is 1. The van der Waals surface area contributed by atoms with Gasteiger partial charge >= 0.3 is 0 Å². The summed E-state index contributed by atoms with van der Waals surface area (Å²) in [7, 11) is -3.47. The second-order valence-electron chi connectivity index (χ2n) is 3.39. The van der Waals surface area contributed by atoms with Crippen LogP contribution < -0.4 is 4.72 Å². The van der Waals surface area contributed by atoms with Crippen LogP contribution in [0.2, 0.25) is 0 Å². The zero-order valence-electron chi connectivity index (χ0n) is 8.60. The Balaban J connectivity index is 2.64. The van der Waals surface area contributed by atoms with E-state index in [-0.39, 0.29) is 12.4 Å². The molecule has 1 atom stereocenters. The van der Waals surface area contributed by atoms with Gasteiger partial charge in [0.2, 0.25) is 10.0 Å². The average Bonchev–Trinajstić information content (AvgIpc) is 2.49. The van der Waals surface area contributed by atoms with Gasteiger partial charge in [0, 0.05) is 12.1 Å². The molecule has 86 valence electrons. The Kier molecular flexibility index (Phi) is 3.83. The third-order valence-corrected chi connectivity index (χ3v) is 3.11. The molecular weight excluding hydrogens is 220 g/mol. The monoisotopic (exact) mass is 234 g/mol. The van der Waals surface area contributed by atoms with Crippen molar-refractivity contribution in [1.29, 1.82) is 0 Å². The predicted molar refractivity (Wildman–Crippen MR) is 53.5 cm³/mol. The molecule has 0 aliphatic heterocycles. The van der Waals surface area contributed by atoms with Gasteiger partial charge in [-0.15, -0.1) is 0 Å². The molecule has 1 unspecified atom stereocenters. The molecule has 7 heteroatoms. The third-order valence-electron chi connectivity index (χ3n) is 1.67. The predicted octanol–water partition coefficient (Wildman–Crippen LogP) is -0.217. The highest BCUT2D eigenvalue weighted by Crippen LogP contribution is 2.05. The van der Waals surface area contributed by atoms with E-state index in [0.717, 1.165) is 0 Å². The van der Waals surface area contributed by atoms with Crippen LogP contribution in [0.15, 0.2) is 10.6 Å². The molecule has 0 saturated carbocycles. The number of aliphatic hydroxyl groups is 1. The van der Waals surface area contributed by atoms with E-state index in [9.17, 15) is 8.42 Å². The number of hydrogen-bond acceptors (Lipinski definition) is 5. The van der Waals surface area contributed by atoms with Crippen molar-refractivity contribution in [3.63, 3.8) is 0 Å². The standard InChI is InChI=1S/C8H14N2O4S/c1-6(4-11)10-15(12,13)5-8-3-7(2)14-9-8/h3,6,10-11H,4-5H2,1-2H3. The summed E-state index contributed by atoms with van der Waals surface area (Å²) in [6.07, 6.45) is 0. The zero-order valence-corrected chi connectivity index (χ0v) is 9.41. The van der Waals surface area contributed by atoms with Crippen molar-refractivity contribution in [3.8, 4) is 0 Å². The molecule has 0 aliphatic rings. The highest BCUT2D eigenvalue weighted by atomic mass is 32.2. The first-order valence-electron chi connectivity index (χ1n) is 4.46. The first-order valence-corrected chi connectivity index (χ1v) is 6.11. The molecule has 0 amide bonds. The molecule has 1 aromatic heterocycles. The van der Waals surface area contributed by atoms with Crippen LogP contribution in [0.25, 0.3) is 0 Å². The smallest absolute Gasteiger partial charge is 0.217 e. The lowest BCUT2D eigenvalue weighted by atomic mass is 10.4. The molecule has 0 bridgehead atoms. The van der Waals surface area contributed by atoms with Crippen LogP contribution in [0.5, 0.6) is 0 Å². The minimum absolute atomic E-state index is 0.239. The summed E-state index contributed by atoms with van der Waals surface area (Å²) in [4.78, 5) is 0. The van der Waals surface area contributed by atoms with E-state index in [1.54, 1.807) is 19.9 Å². The Morgan fingerprint density at radius 1 is 1.67 bits per heavy atom. The van der Waals surface area contributed by atoms with Crippen LogP contribution in [-0.4, -0.2) is 31.3 Å². The molecule has 0 fully saturated rings. The van der Waals surface area contributed by atoms with Crippen molar-refractivity contribution in [2.45, 2.75) is 25.6 Å². The van der Waals surface area contributed by atoms with Crippen molar-refractivity contribution >= 4 is 10.0 Å². The first-order chi connectivity index (χ1) is 6.93. The fourth-order valence-electron chi connectivity index (χ4n) is 1.07.